The van der Waals surface area contributed by atoms with Gasteiger partial charge in [-0.2, -0.15) is 5.10 Å². The van der Waals surface area contributed by atoms with Crippen LogP contribution in [-0.2, 0) is 7.05 Å². The Kier molecular flexibility index (Phi) is 2.82. The van der Waals surface area contributed by atoms with Crippen LogP contribution in [0.4, 0.5) is 0 Å². The van der Waals surface area contributed by atoms with Crippen molar-refractivity contribution >= 4 is 0 Å². The van der Waals surface area contributed by atoms with Crippen molar-refractivity contribution < 1.29 is 0 Å². The standard InChI is InChI=1S/C14H18N2/c1-10(2)12-5-7-13(8-6-12)14-9-15-16(4)11(14)3/h5-10H,1-4H3. The van der Waals surface area contributed by atoms with Crippen molar-refractivity contribution in [3.05, 3.63) is 41.7 Å². The molecule has 0 atom stereocenters. The first-order chi connectivity index (χ1) is 7.59. The van der Waals surface area contributed by atoms with Crippen molar-refractivity contribution in [2.24, 2.45) is 7.05 Å². The van der Waals surface area contributed by atoms with Gasteiger partial charge in [0.15, 0.2) is 0 Å². The first kappa shape index (κ1) is 10.9. The predicted molar refractivity (Wildman–Crippen MR) is 67.5 cm³/mol. The summed E-state index contributed by atoms with van der Waals surface area (Å²) in [6.45, 7) is 6.52. The number of aromatic nitrogens is 2. The highest BCUT2D eigenvalue weighted by atomic mass is 15.3. The molecule has 1 heterocycles. The normalized spacial score (nSPS) is 11.1. The lowest BCUT2D eigenvalue weighted by Gasteiger charge is -2.06. The molecule has 84 valence electrons. The van der Waals surface area contributed by atoms with E-state index in [0.29, 0.717) is 5.92 Å². The second-order valence-electron chi connectivity index (χ2n) is 4.54. The van der Waals surface area contributed by atoms with Crippen molar-refractivity contribution in [1.29, 1.82) is 0 Å². The average molecular weight is 214 g/mol. The van der Waals surface area contributed by atoms with Crippen LogP contribution < -0.4 is 0 Å². The van der Waals surface area contributed by atoms with Gasteiger partial charge in [0.25, 0.3) is 0 Å². The Morgan fingerprint density at radius 3 is 2.19 bits per heavy atom. The zero-order valence-corrected chi connectivity index (χ0v) is 10.4. The summed E-state index contributed by atoms with van der Waals surface area (Å²) in [6.07, 6.45) is 1.93. The second kappa shape index (κ2) is 4.12. The number of nitrogens with zero attached hydrogens (tertiary/aromatic N) is 2. The minimum Gasteiger partial charge on any atom is -0.272 e. The van der Waals surface area contributed by atoms with Gasteiger partial charge in [0.2, 0.25) is 0 Å². The molecular weight excluding hydrogens is 196 g/mol. The van der Waals surface area contributed by atoms with E-state index >= 15 is 0 Å². The van der Waals surface area contributed by atoms with Gasteiger partial charge in [0.05, 0.1) is 6.20 Å². The molecule has 0 spiro atoms. The topological polar surface area (TPSA) is 17.8 Å². The Morgan fingerprint density at radius 2 is 1.75 bits per heavy atom. The van der Waals surface area contributed by atoms with Gasteiger partial charge in [-0.25, -0.2) is 0 Å². The van der Waals surface area contributed by atoms with Gasteiger partial charge in [-0.1, -0.05) is 38.1 Å². The molecular formula is C14H18N2. The molecule has 2 rings (SSSR count). The van der Waals surface area contributed by atoms with Gasteiger partial charge in [0.1, 0.15) is 0 Å². The van der Waals surface area contributed by atoms with Crippen LogP contribution in [0.2, 0.25) is 0 Å². The van der Waals surface area contributed by atoms with Crippen LogP contribution in [0, 0.1) is 6.92 Å². The van der Waals surface area contributed by atoms with Gasteiger partial charge in [-0.05, 0) is 24.0 Å². The third kappa shape index (κ3) is 1.87. The quantitative estimate of drug-likeness (QED) is 0.748. The van der Waals surface area contributed by atoms with Crippen LogP contribution in [-0.4, -0.2) is 9.78 Å². The molecule has 0 aliphatic carbocycles. The maximum absolute atomic E-state index is 4.27. The molecule has 0 bridgehead atoms. The highest BCUT2D eigenvalue weighted by Crippen LogP contribution is 2.24. The van der Waals surface area contributed by atoms with E-state index in [-0.39, 0.29) is 0 Å². The summed E-state index contributed by atoms with van der Waals surface area (Å²) in [7, 11) is 1.97. The Balaban J connectivity index is 2.38. The monoisotopic (exact) mass is 214 g/mol. The fourth-order valence-corrected chi connectivity index (χ4v) is 1.83. The van der Waals surface area contributed by atoms with Gasteiger partial charge in [-0.15, -0.1) is 0 Å². The molecule has 0 saturated carbocycles. The lowest BCUT2D eigenvalue weighted by atomic mass is 9.99. The van der Waals surface area contributed by atoms with Crippen LogP contribution >= 0.6 is 0 Å². The molecule has 0 unspecified atom stereocenters. The molecule has 0 aliphatic rings. The zero-order chi connectivity index (χ0) is 11.7. The molecule has 0 amide bonds. The fraction of sp³-hybridized carbons (Fsp3) is 0.357. The van der Waals surface area contributed by atoms with E-state index in [1.54, 1.807) is 0 Å². The summed E-state index contributed by atoms with van der Waals surface area (Å²) in [6, 6.07) is 8.76. The number of aryl methyl sites for hydroxylation is 1. The summed E-state index contributed by atoms with van der Waals surface area (Å²) in [5, 5.41) is 4.27. The van der Waals surface area contributed by atoms with Crippen molar-refractivity contribution in [1.82, 2.24) is 9.78 Å². The largest absolute Gasteiger partial charge is 0.272 e. The number of hydrogen-bond donors (Lipinski definition) is 0. The molecule has 1 aromatic heterocycles. The molecule has 2 heteroatoms. The highest BCUT2D eigenvalue weighted by Gasteiger charge is 2.06. The molecule has 0 fully saturated rings. The van der Waals surface area contributed by atoms with Crippen LogP contribution in [0.3, 0.4) is 0 Å². The molecule has 2 nitrogen and oxygen atoms in total. The predicted octanol–water partition coefficient (Wildman–Crippen LogP) is 3.52. The van der Waals surface area contributed by atoms with Gasteiger partial charge >= 0.3 is 0 Å². The number of benzene rings is 1. The van der Waals surface area contributed by atoms with Crippen molar-refractivity contribution in [2.45, 2.75) is 26.7 Å². The maximum atomic E-state index is 4.27. The SMILES string of the molecule is Cc1c(-c2ccc(C(C)C)cc2)cnn1C. The highest BCUT2D eigenvalue weighted by molar-refractivity contribution is 5.65. The van der Waals surface area contributed by atoms with Gasteiger partial charge in [-0.3, -0.25) is 4.68 Å². The molecule has 0 N–H and O–H groups in total. The Hall–Kier alpha value is -1.57. The first-order valence-corrected chi connectivity index (χ1v) is 5.68. The lowest BCUT2D eigenvalue weighted by Crippen LogP contribution is -1.92. The minimum atomic E-state index is 0.587. The molecule has 16 heavy (non-hydrogen) atoms. The molecule has 2 aromatic rings. The Morgan fingerprint density at radius 1 is 1.12 bits per heavy atom. The minimum absolute atomic E-state index is 0.587. The Labute approximate surface area is 96.9 Å². The van der Waals surface area contributed by atoms with E-state index < -0.39 is 0 Å². The van der Waals surface area contributed by atoms with E-state index in [9.17, 15) is 0 Å². The van der Waals surface area contributed by atoms with Crippen molar-refractivity contribution in [3.8, 4) is 11.1 Å². The summed E-state index contributed by atoms with van der Waals surface area (Å²) in [5.74, 6) is 0.587. The molecule has 1 aromatic carbocycles. The summed E-state index contributed by atoms with van der Waals surface area (Å²) >= 11 is 0. The Bertz CT molecular complexity index is 478. The third-order valence-corrected chi connectivity index (χ3v) is 3.12. The van der Waals surface area contributed by atoms with Gasteiger partial charge < -0.3 is 0 Å². The van der Waals surface area contributed by atoms with E-state index in [2.05, 4.69) is 50.1 Å². The van der Waals surface area contributed by atoms with Crippen LogP contribution in [0.5, 0.6) is 0 Å². The summed E-state index contributed by atoms with van der Waals surface area (Å²) in [5.41, 5.74) is 5.05. The second-order valence-corrected chi connectivity index (χ2v) is 4.54. The van der Waals surface area contributed by atoms with Crippen molar-refractivity contribution in [3.63, 3.8) is 0 Å². The summed E-state index contributed by atoms with van der Waals surface area (Å²) in [4.78, 5) is 0. The van der Waals surface area contributed by atoms with Crippen LogP contribution in [0.15, 0.2) is 30.5 Å². The molecule has 0 saturated heterocycles. The maximum Gasteiger partial charge on any atom is 0.0571 e. The van der Waals surface area contributed by atoms with E-state index in [0.717, 1.165) is 0 Å². The fourth-order valence-electron chi connectivity index (χ4n) is 1.83. The molecule has 0 radical (unpaired) electrons. The third-order valence-electron chi connectivity index (χ3n) is 3.12. The van der Waals surface area contributed by atoms with Crippen molar-refractivity contribution in [2.75, 3.05) is 0 Å². The smallest absolute Gasteiger partial charge is 0.0571 e. The van der Waals surface area contributed by atoms with Crippen LogP contribution in [0.1, 0.15) is 31.0 Å². The van der Waals surface area contributed by atoms with E-state index in [1.165, 1.54) is 22.4 Å². The lowest BCUT2D eigenvalue weighted by molar-refractivity contribution is 0.740. The number of rotatable bonds is 2. The van der Waals surface area contributed by atoms with E-state index in [4.69, 9.17) is 0 Å². The number of hydrogen-bond acceptors (Lipinski definition) is 1. The molecule has 0 aliphatic heterocycles. The van der Waals surface area contributed by atoms with Crippen LogP contribution in [0.25, 0.3) is 11.1 Å². The zero-order valence-electron chi connectivity index (χ0n) is 10.4. The average Bonchev–Trinajstić information content (AvgIpc) is 2.60. The van der Waals surface area contributed by atoms with E-state index in [1.807, 2.05) is 17.9 Å². The first-order valence-electron chi connectivity index (χ1n) is 5.68. The summed E-state index contributed by atoms with van der Waals surface area (Å²) < 4.78 is 1.91. The van der Waals surface area contributed by atoms with Gasteiger partial charge in [0, 0.05) is 18.3 Å².